The van der Waals surface area contributed by atoms with Gasteiger partial charge in [-0.1, -0.05) is 12.1 Å². The summed E-state index contributed by atoms with van der Waals surface area (Å²) < 4.78 is 0. The third-order valence-corrected chi connectivity index (χ3v) is 1.98. The minimum Gasteiger partial charge on any atom is -0.370 e. The van der Waals surface area contributed by atoms with Crippen LogP contribution < -0.4 is 11.1 Å². The molecule has 0 saturated carbocycles. The first-order chi connectivity index (χ1) is 6.63. The Balaban J connectivity index is 2.85. The van der Waals surface area contributed by atoms with Crippen LogP contribution in [-0.4, -0.2) is 12.5 Å². The predicted octanol–water partition coefficient (Wildman–Crippen LogP) is 2.05. The maximum atomic E-state index is 5.67. The van der Waals surface area contributed by atoms with E-state index in [1.165, 1.54) is 11.1 Å². The molecule has 0 radical (unpaired) electrons. The number of nitrogens with two attached hydrogens (primary N) is 1. The Morgan fingerprint density at radius 3 is 2.79 bits per heavy atom. The molecule has 0 spiro atoms. The Labute approximate surface area is 85.0 Å². The topological polar surface area (TPSA) is 50.4 Å². The van der Waals surface area contributed by atoms with Crippen LogP contribution in [0, 0.1) is 13.8 Å². The first-order valence-electron chi connectivity index (χ1n) is 4.77. The summed E-state index contributed by atoms with van der Waals surface area (Å²) in [6.07, 6.45) is 0. The predicted molar refractivity (Wildman–Crippen MR) is 61.7 cm³/mol. The summed E-state index contributed by atoms with van der Waals surface area (Å²) in [6.45, 7) is 6.75. The molecule has 0 bridgehead atoms. The van der Waals surface area contributed by atoms with Crippen molar-refractivity contribution in [1.29, 1.82) is 0 Å². The van der Waals surface area contributed by atoms with Gasteiger partial charge < -0.3 is 11.1 Å². The zero-order chi connectivity index (χ0) is 10.6. The summed E-state index contributed by atoms with van der Waals surface area (Å²) in [5.74, 6) is 0.473. The third kappa shape index (κ3) is 2.76. The minimum absolute atomic E-state index is 0.473. The van der Waals surface area contributed by atoms with Crippen LogP contribution in [0.5, 0.6) is 0 Å². The summed E-state index contributed by atoms with van der Waals surface area (Å²) in [4.78, 5) is 4.07. The van der Waals surface area contributed by atoms with E-state index in [2.05, 4.69) is 35.4 Å². The van der Waals surface area contributed by atoms with E-state index < -0.39 is 0 Å². The van der Waals surface area contributed by atoms with Gasteiger partial charge in [-0.15, -0.1) is 0 Å². The van der Waals surface area contributed by atoms with Gasteiger partial charge in [0, 0.05) is 12.2 Å². The molecule has 0 aliphatic rings. The van der Waals surface area contributed by atoms with E-state index in [-0.39, 0.29) is 0 Å². The lowest BCUT2D eigenvalue weighted by molar-refractivity contribution is 1.12. The van der Waals surface area contributed by atoms with Crippen LogP contribution in [0.3, 0.4) is 0 Å². The maximum Gasteiger partial charge on any atom is 0.193 e. The molecule has 3 N–H and O–H groups in total. The van der Waals surface area contributed by atoms with E-state index >= 15 is 0 Å². The zero-order valence-electron chi connectivity index (χ0n) is 8.96. The van der Waals surface area contributed by atoms with Gasteiger partial charge in [-0.3, -0.25) is 4.99 Å². The van der Waals surface area contributed by atoms with Crippen LogP contribution >= 0.6 is 0 Å². The van der Waals surface area contributed by atoms with Crippen molar-refractivity contribution in [3.05, 3.63) is 29.3 Å². The molecule has 1 rings (SSSR count). The van der Waals surface area contributed by atoms with Gasteiger partial charge >= 0.3 is 0 Å². The quantitative estimate of drug-likeness (QED) is 0.555. The lowest BCUT2D eigenvalue weighted by Gasteiger charge is -2.09. The fourth-order valence-corrected chi connectivity index (χ4v) is 1.22. The number of aryl methyl sites for hydroxylation is 2. The molecule has 3 heteroatoms. The molecule has 0 atom stereocenters. The fourth-order valence-electron chi connectivity index (χ4n) is 1.22. The van der Waals surface area contributed by atoms with Gasteiger partial charge in [0.15, 0.2) is 5.96 Å². The van der Waals surface area contributed by atoms with Crippen molar-refractivity contribution in [3.63, 3.8) is 0 Å². The van der Waals surface area contributed by atoms with Crippen LogP contribution in [0.4, 0.5) is 5.69 Å². The Morgan fingerprint density at radius 2 is 2.14 bits per heavy atom. The van der Waals surface area contributed by atoms with E-state index in [1.807, 2.05) is 13.8 Å². The second-order valence-corrected chi connectivity index (χ2v) is 3.30. The highest BCUT2D eigenvalue weighted by Gasteiger charge is 1.98. The molecule has 1 aromatic rings. The molecule has 0 amide bonds. The van der Waals surface area contributed by atoms with Gasteiger partial charge in [0.1, 0.15) is 0 Å². The maximum absolute atomic E-state index is 5.67. The van der Waals surface area contributed by atoms with Crippen LogP contribution in [0.1, 0.15) is 18.1 Å². The van der Waals surface area contributed by atoms with E-state index in [1.54, 1.807) is 0 Å². The molecule has 0 saturated heterocycles. The summed E-state index contributed by atoms with van der Waals surface area (Å²) >= 11 is 0. The summed E-state index contributed by atoms with van der Waals surface area (Å²) in [5, 5.41) is 3.08. The molecule has 76 valence electrons. The molecule has 14 heavy (non-hydrogen) atoms. The molecule has 0 aliphatic heterocycles. The number of aliphatic imine (C=N–C) groups is 1. The average molecular weight is 191 g/mol. The minimum atomic E-state index is 0.473. The molecule has 0 unspecified atom stereocenters. The van der Waals surface area contributed by atoms with Crippen molar-refractivity contribution in [2.75, 3.05) is 11.9 Å². The lowest BCUT2D eigenvalue weighted by Crippen LogP contribution is -2.23. The normalized spacial score (nSPS) is 11.5. The highest BCUT2D eigenvalue weighted by molar-refractivity contribution is 5.93. The summed E-state index contributed by atoms with van der Waals surface area (Å²) in [7, 11) is 0. The fraction of sp³-hybridized carbons (Fsp3) is 0.364. The van der Waals surface area contributed by atoms with Crippen molar-refractivity contribution in [3.8, 4) is 0 Å². The number of nitrogens with one attached hydrogen (secondary N) is 1. The Kier molecular flexibility index (Phi) is 3.51. The smallest absolute Gasteiger partial charge is 0.193 e. The van der Waals surface area contributed by atoms with E-state index in [0.29, 0.717) is 12.5 Å². The number of guanidine groups is 1. The molecule has 1 aromatic carbocycles. The van der Waals surface area contributed by atoms with Crippen LogP contribution in [-0.2, 0) is 0 Å². The molecule has 0 heterocycles. The number of benzene rings is 1. The summed E-state index contributed by atoms with van der Waals surface area (Å²) in [6, 6.07) is 6.21. The number of nitrogens with zero attached hydrogens (tertiary/aromatic N) is 1. The third-order valence-electron chi connectivity index (χ3n) is 1.98. The molecular formula is C11H17N3. The second kappa shape index (κ2) is 4.65. The molecule has 3 nitrogen and oxygen atoms in total. The first-order valence-corrected chi connectivity index (χ1v) is 4.77. The standard InChI is InChI=1S/C11H17N3/c1-4-13-11(12)14-10-7-8(2)5-6-9(10)3/h5-7H,4H2,1-3H3,(H3,12,13,14). The highest BCUT2D eigenvalue weighted by atomic mass is 15.1. The number of hydrogen-bond acceptors (Lipinski definition) is 1. The largest absolute Gasteiger partial charge is 0.370 e. The van der Waals surface area contributed by atoms with Gasteiger partial charge in [-0.05, 0) is 38.0 Å². The SMILES string of the molecule is CCN=C(N)Nc1cc(C)ccc1C. The van der Waals surface area contributed by atoms with Crippen molar-refractivity contribution in [1.82, 2.24) is 0 Å². The average Bonchev–Trinajstić information content (AvgIpc) is 2.12. The van der Waals surface area contributed by atoms with Crippen LogP contribution in [0.2, 0.25) is 0 Å². The van der Waals surface area contributed by atoms with Gasteiger partial charge in [0.25, 0.3) is 0 Å². The Morgan fingerprint density at radius 1 is 1.43 bits per heavy atom. The van der Waals surface area contributed by atoms with Crippen molar-refractivity contribution in [2.24, 2.45) is 10.7 Å². The molecule has 0 aliphatic carbocycles. The van der Waals surface area contributed by atoms with E-state index in [9.17, 15) is 0 Å². The number of rotatable bonds is 2. The van der Waals surface area contributed by atoms with Crippen LogP contribution in [0.15, 0.2) is 23.2 Å². The monoisotopic (exact) mass is 191 g/mol. The second-order valence-electron chi connectivity index (χ2n) is 3.30. The number of hydrogen-bond donors (Lipinski definition) is 2. The van der Waals surface area contributed by atoms with Gasteiger partial charge in [-0.25, -0.2) is 0 Å². The van der Waals surface area contributed by atoms with Gasteiger partial charge in [-0.2, -0.15) is 0 Å². The number of anilines is 1. The molecule has 0 fully saturated rings. The van der Waals surface area contributed by atoms with E-state index in [4.69, 9.17) is 5.73 Å². The van der Waals surface area contributed by atoms with Crippen molar-refractivity contribution < 1.29 is 0 Å². The zero-order valence-corrected chi connectivity index (χ0v) is 8.96. The summed E-state index contributed by atoms with van der Waals surface area (Å²) in [5.41, 5.74) is 9.08. The van der Waals surface area contributed by atoms with Gasteiger partial charge in [0.05, 0.1) is 0 Å². The van der Waals surface area contributed by atoms with E-state index in [0.717, 1.165) is 5.69 Å². The Bertz CT molecular complexity index is 342. The van der Waals surface area contributed by atoms with Crippen molar-refractivity contribution in [2.45, 2.75) is 20.8 Å². The molecular weight excluding hydrogens is 174 g/mol. The lowest BCUT2D eigenvalue weighted by atomic mass is 10.1. The van der Waals surface area contributed by atoms with Gasteiger partial charge in [0.2, 0.25) is 0 Å². The Hall–Kier alpha value is -1.51. The highest BCUT2D eigenvalue weighted by Crippen LogP contribution is 2.15. The first kappa shape index (κ1) is 10.6. The van der Waals surface area contributed by atoms with Crippen molar-refractivity contribution >= 4 is 11.6 Å². The van der Waals surface area contributed by atoms with Crippen LogP contribution in [0.25, 0.3) is 0 Å². The molecule has 0 aromatic heterocycles.